The number of rotatable bonds is 5. The van der Waals surface area contributed by atoms with Crippen molar-refractivity contribution in [3.8, 4) is 23.0 Å². The highest BCUT2D eigenvalue weighted by atomic mass is 16.3. The zero-order chi connectivity index (χ0) is 16.3. The summed E-state index contributed by atoms with van der Waals surface area (Å²) >= 11 is 0. The fraction of sp³-hybridized carbons (Fsp3) is 0.333. The summed E-state index contributed by atoms with van der Waals surface area (Å²) in [6, 6.07) is 9.28. The van der Waals surface area contributed by atoms with Crippen molar-refractivity contribution in [3.63, 3.8) is 0 Å². The predicted octanol–water partition coefficient (Wildman–Crippen LogP) is 4.44. The third-order valence-corrected chi connectivity index (χ3v) is 4.13. The van der Waals surface area contributed by atoms with E-state index in [9.17, 15) is 20.4 Å². The van der Waals surface area contributed by atoms with Crippen LogP contribution in [0.1, 0.15) is 25.0 Å². The predicted molar refractivity (Wildman–Crippen MR) is 82.2 cm³/mol. The first-order valence-electron chi connectivity index (χ1n) is 7.34. The maximum atomic E-state index is 11.2. The minimum atomic E-state index is -0.363. The average Bonchev–Trinajstić information content (AvgIpc) is 2.46. The van der Waals surface area contributed by atoms with Crippen LogP contribution in [0, 0.1) is 11.8 Å². The Morgan fingerprint density at radius 1 is 0.773 bits per heavy atom. The molecule has 2 aromatic carbocycles. The Labute approximate surface area is 130 Å². The van der Waals surface area contributed by atoms with Crippen molar-refractivity contribution >= 4 is 0 Å². The normalized spacial score (nSPS) is 13.7. The van der Waals surface area contributed by atoms with Crippen LogP contribution in [-0.2, 0) is 23.1 Å². The Bertz CT molecular complexity index is 594. The van der Waals surface area contributed by atoms with Gasteiger partial charge in [0.2, 0.25) is 11.5 Å². The Hall–Kier alpha value is -2.36. The van der Waals surface area contributed by atoms with Gasteiger partial charge in [-0.2, -0.15) is 0 Å². The van der Waals surface area contributed by atoms with Crippen LogP contribution in [0.25, 0.3) is 0 Å². The standard InChI is InChI=1S/C18H20O4/c1-11(7-13-3-5-15(19)17(21)9-13)12(2)8-14-4-6-16(20)18(22)10-14/h3-6,9-12,21-22H,7-8H2,1-2H3. The molecule has 2 aromatic rings. The van der Waals surface area contributed by atoms with Crippen molar-refractivity contribution in [3.05, 3.63) is 47.5 Å². The number of phenols is 2. The third kappa shape index (κ3) is 3.85. The summed E-state index contributed by atoms with van der Waals surface area (Å²) in [6.45, 7) is 4.21. The zero-order valence-electron chi connectivity index (χ0n) is 12.7. The lowest BCUT2D eigenvalue weighted by Crippen LogP contribution is -2.13. The molecular weight excluding hydrogens is 280 g/mol. The fourth-order valence-electron chi connectivity index (χ4n) is 2.53. The van der Waals surface area contributed by atoms with Crippen LogP contribution in [-0.4, -0.2) is 10.2 Å². The minimum absolute atomic E-state index is 0.215. The second kappa shape index (κ2) is 6.60. The molecule has 116 valence electrons. The van der Waals surface area contributed by atoms with Gasteiger partial charge in [-0.1, -0.05) is 26.0 Å². The zero-order valence-corrected chi connectivity index (χ0v) is 12.7. The molecule has 4 nitrogen and oxygen atoms in total. The highest BCUT2D eigenvalue weighted by Crippen LogP contribution is 2.30. The molecule has 0 saturated carbocycles. The monoisotopic (exact) mass is 300 g/mol. The number of hydrogen-bond donors (Lipinski definition) is 2. The molecule has 0 heterocycles. The molecule has 0 spiro atoms. The van der Waals surface area contributed by atoms with Crippen molar-refractivity contribution in [1.82, 2.24) is 0 Å². The third-order valence-electron chi connectivity index (χ3n) is 4.13. The molecule has 2 rings (SSSR count). The molecule has 2 N–H and O–H groups in total. The Morgan fingerprint density at radius 2 is 1.14 bits per heavy atom. The quantitative estimate of drug-likeness (QED) is 0.855. The molecule has 0 aliphatic heterocycles. The van der Waals surface area contributed by atoms with E-state index in [1.54, 1.807) is 12.1 Å². The van der Waals surface area contributed by atoms with Gasteiger partial charge in [-0.25, -0.2) is 0 Å². The van der Waals surface area contributed by atoms with Crippen LogP contribution >= 0.6 is 0 Å². The molecule has 2 atom stereocenters. The van der Waals surface area contributed by atoms with Gasteiger partial charge < -0.3 is 10.2 Å². The summed E-state index contributed by atoms with van der Waals surface area (Å²) in [5, 5.41) is 41.3. The van der Waals surface area contributed by atoms with Gasteiger partial charge in [0.05, 0.1) is 0 Å². The van der Waals surface area contributed by atoms with Crippen LogP contribution in [0.3, 0.4) is 0 Å². The van der Waals surface area contributed by atoms with Gasteiger partial charge in [0, 0.05) is 0 Å². The van der Waals surface area contributed by atoms with Gasteiger partial charge in [0.1, 0.15) is 0 Å². The molecule has 22 heavy (non-hydrogen) atoms. The molecule has 0 aliphatic carbocycles. The first-order chi connectivity index (χ1) is 10.4. The van der Waals surface area contributed by atoms with Crippen molar-refractivity contribution in [1.29, 1.82) is 0 Å². The number of benzene rings is 2. The summed E-state index contributed by atoms with van der Waals surface area (Å²) in [6.07, 6.45) is 1.50. The second-order valence-corrected chi connectivity index (χ2v) is 5.97. The maximum absolute atomic E-state index is 11.2. The second-order valence-electron chi connectivity index (χ2n) is 5.97. The van der Waals surface area contributed by atoms with E-state index in [1.807, 2.05) is 0 Å². The van der Waals surface area contributed by atoms with Crippen molar-refractivity contribution in [2.24, 2.45) is 11.8 Å². The van der Waals surface area contributed by atoms with E-state index in [0.29, 0.717) is 11.8 Å². The fourth-order valence-corrected chi connectivity index (χ4v) is 2.53. The largest absolute Gasteiger partial charge is 0.504 e. The molecule has 4 heteroatoms. The Balaban J connectivity index is 2.00. The molecule has 2 radical (unpaired) electrons. The molecule has 0 bridgehead atoms. The SMILES string of the molecule is CC(Cc1ccc([O])c(O)c1)C(C)Cc1ccc([O])c(O)c1. The van der Waals surface area contributed by atoms with Gasteiger partial charge in [-0.05, 0) is 60.1 Å². The van der Waals surface area contributed by atoms with E-state index >= 15 is 0 Å². The van der Waals surface area contributed by atoms with Gasteiger partial charge in [0.25, 0.3) is 0 Å². The molecule has 0 amide bonds. The van der Waals surface area contributed by atoms with Gasteiger partial charge in [-0.15, -0.1) is 0 Å². The molecule has 0 aliphatic rings. The first-order valence-corrected chi connectivity index (χ1v) is 7.34. The average molecular weight is 300 g/mol. The molecule has 2 unspecified atom stereocenters. The van der Waals surface area contributed by atoms with Crippen LogP contribution in [0.15, 0.2) is 36.4 Å². The lowest BCUT2D eigenvalue weighted by molar-refractivity contribution is 0.323. The lowest BCUT2D eigenvalue weighted by Gasteiger charge is -2.20. The molecular formula is C18H20O4. The van der Waals surface area contributed by atoms with Crippen molar-refractivity contribution in [2.75, 3.05) is 0 Å². The van der Waals surface area contributed by atoms with Crippen LogP contribution in [0.2, 0.25) is 0 Å². The minimum Gasteiger partial charge on any atom is -0.504 e. The van der Waals surface area contributed by atoms with E-state index < -0.39 is 0 Å². The maximum Gasteiger partial charge on any atom is 0.220 e. The smallest absolute Gasteiger partial charge is 0.220 e. The highest BCUT2D eigenvalue weighted by molar-refractivity contribution is 5.41. The Kier molecular flexibility index (Phi) is 4.81. The number of aromatic hydroxyl groups is 2. The van der Waals surface area contributed by atoms with Gasteiger partial charge >= 0.3 is 0 Å². The molecule has 0 aromatic heterocycles. The van der Waals surface area contributed by atoms with E-state index in [4.69, 9.17) is 0 Å². The van der Waals surface area contributed by atoms with Gasteiger partial charge in [-0.3, -0.25) is 10.2 Å². The number of hydrogen-bond acceptors (Lipinski definition) is 2. The van der Waals surface area contributed by atoms with Gasteiger partial charge in [0.15, 0.2) is 11.5 Å². The molecule has 0 fully saturated rings. The highest BCUT2D eigenvalue weighted by Gasteiger charge is 2.15. The van der Waals surface area contributed by atoms with Crippen LogP contribution in [0.5, 0.6) is 23.0 Å². The lowest BCUT2D eigenvalue weighted by atomic mass is 9.85. The molecule has 0 saturated heterocycles. The van der Waals surface area contributed by atoms with E-state index in [0.717, 1.165) is 24.0 Å². The Morgan fingerprint density at radius 3 is 1.45 bits per heavy atom. The summed E-state index contributed by atoms with van der Waals surface area (Å²) in [7, 11) is 0. The van der Waals surface area contributed by atoms with Crippen LogP contribution in [0.4, 0.5) is 0 Å². The first kappa shape index (κ1) is 16.0. The summed E-state index contributed by atoms with van der Waals surface area (Å²) in [4.78, 5) is 0. The van der Waals surface area contributed by atoms with Crippen molar-refractivity contribution < 1.29 is 20.4 Å². The van der Waals surface area contributed by atoms with E-state index in [2.05, 4.69) is 13.8 Å². The van der Waals surface area contributed by atoms with Crippen LogP contribution < -0.4 is 0 Å². The number of phenolic OH excluding ortho intramolecular Hbond substituents is 2. The summed E-state index contributed by atoms with van der Waals surface area (Å²) in [5.41, 5.74) is 1.85. The summed E-state index contributed by atoms with van der Waals surface area (Å²) in [5.74, 6) is -0.506. The topological polar surface area (TPSA) is 80.3 Å². The van der Waals surface area contributed by atoms with E-state index in [-0.39, 0.29) is 23.0 Å². The van der Waals surface area contributed by atoms with Crippen molar-refractivity contribution in [2.45, 2.75) is 26.7 Å². The summed E-state index contributed by atoms with van der Waals surface area (Å²) < 4.78 is 0. The van der Waals surface area contributed by atoms with E-state index in [1.165, 1.54) is 24.3 Å².